The zero-order valence-corrected chi connectivity index (χ0v) is 19.5. The highest BCUT2D eigenvalue weighted by atomic mass is 16.5. The molecular weight excluding hydrogens is 416 g/mol. The second kappa shape index (κ2) is 7.79. The summed E-state index contributed by atoms with van der Waals surface area (Å²) in [6.07, 6.45) is 9.78. The number of nitriles is 2. The molecule has 3 aromatic rings. The zero-order chi connectivity index (χ0) is 23.3. The fourth-order valence-corrected chi connectivity index (χ4v) is 5.42. The molecule has 0 saturated carbocycles. The van der Waals surface area contributed by atoms with E-state index in [0.29, 0.717) is 28.9 Å². The summed E-state index contributed by atoms with van der Waals surface area (Å²) >= 11 is 0. The smallest absolute Gasteiger partial charge is 0.179 e. The number of aromatic nitrogens is 4. The molecule has 33 heavy (non-hydrogen) atoms. The van der Waals surface area contributed by atoms with Crippen LogP contribution in [0.4, 0.5) is 0 Å². The van der Waals surface area contributed by atoms with Crippen molar-refractivity contribution in [3.8, 4) is 29.1 Å². The lowest BCUT2D eigenvalue weighted by molar-refractivity contribution is -0.0603. The van der Waals surface area contributed by atoms with Gasteiger partial charge in [-0.25, -0.2) is 4.52 Å². The Hall–Kier alpha value is -3.56. The number of rotatable bonds is 4. The van der Waals surface area contributed by atoms with Crippen molar-refractivity contribution in [3.63, 3.8) is 0 Å². The Morgan fingerprint density at radius 3 is 2.55 bits per heavy atom. The van der Waals surface area contributed by atoms with Gasteiger partial charge in [0.2, 0.25) is 0 Å². The third kappa shape index (κ3) is 3.23. The minimum Gasteiger partial charge on any atom is -0.494 e. The Balaban J connectivity index is 1.36. The molecule has 170 valence electrons. The van der Waals surface area contributed by atoms with Gasteiger partial charge in [-0.1, -0.05) is 0 Å². The highest BCUT2D eigenvalue weighted by molar-refractivity contribution is 5.75. The number of ether oxygens (including phenoxy) is 1. The van der Waals surface area contributed by atoms with Crippen LogP contribution in [-0.4, -0.2) is 67.5 Å². The molecule has 3 aromatic heterocycles. The molecule has 0 N–H and O–H groups in total. The van der Waals surface area contributed by atoms with Gasteiger partial charge in [0.15, 0.2) is 6.19 Å². The average molecular weight is 445 g/mol. The Labute approximate surface area is 193 Å². The topological polar surface area (TPSA) is 98.4 Å². The van der Waals surface area contributed by atoms with E-state index in [1.54, 1.807) is 17.8 Å². The standard InChI is InChI=1S/C24H28N8O/c1-16-20(17-9-21(33-4)23-18(10-25)11-27-31(23)13-17)12-28-32(16)19-5-7-29(8-6-19)22-14-30(15-26)24(22,2)3/h9,11-13,19,22H,5-8,14H2,1-4H3. The van der Waals surface area contributed by atoms with Gasteiger partial charge in [0.1, 0.15) is 22.9 Å². The van der Waals surface area contributed by atoms with E-state index in [-0.39, 0.29) is 5.54 Å². The maximum Gasteiger partial charge on any atom is 0.179 e. The van der Waals surface area contributed by atoms with Gasteiger partial charge in [0, 0.05) is 42.7 Å². The molecule has 5 heterocycles. The first kappa shape index (κ1) is 21.3. The number of fused-ring (bicyclic) bond motifs is 1. The van der Waals surface area contributed by atoms with Crippen LogP contribution in [0.25, 0.3) is 16.6 Å². The van der Waals surface area contributed by atoms with Crippen molar-refractivity contribution in [1.29, 1.82) is 10.5 Å². The monoisotopic (exact) mass is 444 g/mol. The van der Waals surface area contributed by atoms with Crippen LogP contribution in [0.5, 0.6) is 5.75 Å². The first-order valence-corrected chi connectivity index (χ1v) is 11.3. The zero-order valence-electron chi connectivity index (χ0n) is 19.5. The summed E-state index contributed by atoms with van der Waals surface area (Å²) < 4.78 is 9.42. The summed E-state index contributed by atoms with van der Waals surface area (Å²) in [5.41, 5.74) is 4.19. The van der Waals surface area contributed by atoms with E-state index in [9.17, 15) is 10.5 Å². The van der Waals surface area contributed by atoms with Crippen molar-refractivity contribution in [2.24, 2.45) is 0 Å². The van der Waals surface area contributed by atoms with Gasteiger partial charge >= 0.3 is 0 Å². The molecule has 2 saturated heterocycles. The number of hydrogen-bond acceptors (Lipinski definition) is 7. The summed E-state index contributed by atoms with van der Waals surface area (Å²) in [7, 11) is 1.61. The van der Waals surface area contributed by atoms with Gasteiger partial charge in [-0.05, 0) is 39.7 Å². The fraction of sp³-hybridized carbons (Fsp3) is 0.500. The Morgan fingerprint density at radius 2 is 1.91 bits per heavy atom. The van der Waals surface area contributed by atoms with Crippen molar-refractivity contribution >= 4 is 5.52 Å². The molecule has 1 unspecified atom stereocenters. The molecule has 1 atom stereocenters. The number of methoxy groups -OCH3 is 1. The predicted octanol–water partition coefficient (Wildman–Crippen LogP) is 2.97. The highest BCUT2D eigenvalue weighted by Gasteiger charge is 2.49. The molecule has 0 spiro atoms. The highest BCUT2D eigenvalue weighted by Crippen LogP contribution is 2.37. The van der Waals surface area contributed by atoms with E-state index in [1.807, 2.05) is 23.4 Å². The molecule has 0 radical (unpaired) electrons. The summed E-state index contributed by atoms with van der Waals surface area (Å²) in [6.45, 7) is 9.27. The van der Waals surface area contributed by atoms with Crippen LogP contribution in [0.1, 0.15) is 44.0 Å². The quantitative estimate of drug-likeness (QED) is 0.571. The van der Waals surface area contributed by atoms with Gasteiger partial charge in [0.05, 0.1) is 37.1 Å². The lowest BCUT2D eigenvalue weighted by Gasteiger charge is -2.57. The molecule has 0 amide bonds. The minimum atomic E-state index is -0.0913. The maximum atomic E-state index is 9.36. The lowest BCUT2D eigenvalue weighted by Crippen LogP contribution is -2.71. The molecule has 0 aromatic carbocycles. The van der Waals surface area contributed by atoms with E-state index >= 15 is 0 Å². The third-order valence-corrected chi connectivity index (χ3v) is 7.55. The third-order valence-electron chi connectivity index (χ3n) is 7.55. The molecule has 0 aliphatic carbocycles. The van der Waals surface area contributed by atoms with E-state index in [1.165, 1.54) is 0 Å². The predicted molar refractivity (Wildman–Crippen MR) is 122 cm³/mol. The van der Waals surface area contributed by atoms with Crippen molar-refractivity contribution in [3.05, 3.63) is 35.9 Å². The number of likely N-dealkylation sites (tertiary alicyclic amines) is 2. The second-order valence-corrected chi connectivity index (χ2v) is 9.50. The molecule has 5 rings (SSSR count). The SMILES string of the molecule is COc1cc(-c2cnn(C3CCN(C4CN(C#N)C4(C)C)CC3)c2C)cn2ncc(C#N)c12. The van der Waals surface area contributed by atoms with E-state index in [4.69, 9.17) is 9.84 Å². The molecular formula is C24H28N8O. The summed E-state index contributed by atoms with van der Waals surface area (Å²) in [6, 6.07) is 4.91. The van der Waals surface area contributed by atoms with Gasteiger partial charge in [-0.2, -0.15) is 20.7 Å². The molecule has 2 aliphatic heterocycles. The van der Waals surface area contributed by atoms with Gasteiger partial charge in [-0.3, -0.25) is 9.58 Å². The Bertz CT molecular complexity index is 1280. The van der Waals surface area contributed by atoms with Crippen LogP contribution < -0.4 is 4.74 Å². The number of piperidine rings is 1. The van der Waals surface area contributed by atoms with Crippen LogP contribution in [0.3, 0.4) is 0 Å². The van der Waals surface area contributed by atoms with Crippen LogP contribution >= 0.6 is 0 Å². The summed E-state index contributed by atoms with van der Waals surface area (Å²) in [5, 5.41) is 27.7. The fourth-order valence-electron chi connectivity index (χ4n) is 5.42. The largest absolute Gasteiger partial charge is 0.494 e. The van der Waals surface area contributed by atoms with Crippen LogP contribution in [0.15, 0.2) is 24.7 Å². The van der Waals surface area contributed by atoms with Crippen molar-refractivity contribution in [2.75, 3.05) is 26.7 Å². The van der Waals surface area contributed by atoms with Crippen LogP contribution in [0.2, 0.25) is 0 Å². The summed E-state index contributed by atoms with van der Waals surface area (Å²) in [4.78, 5) is 4.41. The number of nitrogens with zero attached hydrogens (tertiary/aromatic N) is 8. The molecule has 9 heteroatoms. The van der Waals surface area contributed by atoms with Gasteiger partial charge in [0.25, 0.3) is 0 Å². The van der Waals surface area contributed by atoms with Gasteiger partial charge < -0.3 is 9.64 Å². The van der Waals surface area contributed by atoms with E-state index in [0.717, 1.165) is 49.3 Å². The first-order chi connectivity index (χ1) is 15.9. The molecule has 0 bridgehead atoms. The van der Waals surface area contributed by atoms with E-state index in [2.05, 4.69) is 47.7 Å². The minimum absolute atomic E-state index is 0.0913. The van der Waals surface area contributed by atoms with Crippen molar-refractivity contribution in [2.45, 2.75) is 51.2 Å². The summed E-state index contributed by atoms with van der Waals surface area (Å²) in [5.74, 6) is 0.622. The maximum absolute atomic E-state index is 9.36. The number of hydrogen-bond donors (Lipinski definition) is 0. The molecule has 2 fully saturated rings. The lowest BCUT2D eigenvalue weighted by atomic mass is 9.81. The number of pyridine rings is 1. The van der Waals surface area contributed by atoms with Crippen LogP contribution in [0, 0.1) is 29.7 Å². The average Bonchev–Trinajstić information content (AvgIpc) is 3.41. The van der Waals surface area contributed by atoms with Gasteiger partial charge in [-0.15, -0.1) is 0 Å². The molecule has 9 nitrogen and oxygen atoms in total. The second-order valence-electron chi connectivity index (χ2n) is 9.50. The first-order valence-electron chi connectivity index (χ1n) is 11.3. The van der Waals surface area contributed by atoms with Crippen molar-refractivity contribution < 1.29 is 4.74 Å². The Morgan fingerprint density at radius 1 is 1.15 bits per heavy atom. The molecule has 2 aliphatic rings. The van der Waals surface area contributed by atoms with E-state index < -0.39 is 0 Å². The van der Waals surface area contributed by atoms with Crippen LogP contribution in [-0.2, 0) is 0 Å². The Kier molecular flexibility index (Phi) is 5.02. The van der Waals surface area contributed by atoms with Crippen molar-refractivity contribution in [1.82, 2.24) is 29.2 Å². The normalized spacial score (nSPS) is 20.9.